The van der Waals surface area contributed by atoms with Gasteiger partial charge in [0.1, 0.15) is 24.1 Å². The Morgan fingerprint density at radius 1 is 1.16 bits per heavy atom. The molecule has 9 atom stereocenters. The largest absolute Gasteiger partial charge is 0.497 e. The lowest BCUT2D eigenvalue weighted by Gasteiger charge is -2.50. The predicted molar refractivity (Wildman–Crippen MR) is 140 cm³/mol. The lowest BCUT2D eigenvalue weighted by Crippen LogP contribution is -2.54. The van der Waals surface area contributed by atoms with Gasteiger partial charge < -0.3 is 40.7 Å². The minimum atomic E-state index is -1.55. The molecule has 3 aliphatic rings. The van der Waals surface area contributed by atoms with E-state index >= 15 is 0 Å². The lowest BCUT2D eigenvalue weighted by atomic mass is 9.73. The summed E-state index contributed by atoms with van der Waals surface area (Å²) in [6.45, 7) is 5.50. The monoisotopic (exact) mass is 519 g/mol. The first-order chi connectivity index (χ1) is 17.7. The van der Waals surface area contributed by atoms with E-state index < -0.39 is 37.1 Å². The minimum Gasteiger partial charge on any atom is -0.497 e. The molecule has 0 radical (unpaired) electrons. The molecule has 1 unspecified atom stereocenters. The van der Waals surface area contributed by atoms with Crippen molar-refractivity contribution in [2.75, 3.05) is 40.4 Å². The summed E-state index contributed by atoms with van der Waals surface area (Å²) in [4.78, 5) is 6.86. The summed E-state index contributed by atoms with van der Waals surface area (Å²) in [5.74, 6) is 2.01. The molecule has 7 N–H and O–H groups in total. The Kier molecular flexibility index (Phi) is 10.8. The number of aromatic nitrogens is 1. The van der Waals surface area contributed by atoms with Crippen LogP contribution in [0, 0.1) is 11.8 Å². The number of nitrogens with one attached hydrogen (secondary N) is 1. The summed E-state index contributed by atoms with van der Waals surface area (Å²) < 4.78 is 5.35. The Morgan fingerprint density at radius 3 is 2.49 bits per heavy atom. The minimum absolute atomic E-state index is 0.0936. The number of rotatable bonds is 10. The van der Waals surface area contributed by atoms with E-state index in [9.17, 15) is 10.2 Å². The fraction of sp³-hybridized carbons (Fsp3) is 0.593. The zero-order valence-corrected chi connectivity index (χ0v) is 21.5. The summed E-state index contributed by atoms with van der Waals surface area (Å²) in [6, 6.07) is 7.96. The van der Waals surface area contributed by atoms with Gasteiger partial charge in [0.05, 0.1) is 31.4 Å². The predicted octanol–water partition coefficient (Wildman–Crippen LogP) is -0.185. The molecule has 0 saturated carbocycles. The van der Waals surface area contributed by atoms with Crippen molar-refractivity contribution in [2.45, 2.75) is 49.4 Å². The van der Waals surface area contributed by atoms with Gasteiger partial charge in [0.15, 0.2) is 0 Å². The first-order valence-electron chi connectivity index (χ1n) is 12.7. The van der Waals surface area contributed by atoms with Crippen molar-refractivity contribution in [3.8, 4) is 5.75 Å². The van der Waals surface area contributed by atoms with Gasteiger partial charge in [0, 0.05) is 30.7 Å². The van der Waals surface area contributed by atoms with Gasteiger partial charge in [-0.1, -0.05) is 6.08 Å². The second-order valence-electron chi connectivity index (χ2n) is 9.83. The van der Waals surface area contributed by atoms with E-state index in [1.54, 1.807) is 20.4 Å². The number of piperidine rings is 3. The molecule has 10 heteroatoms. The first kappa shape index (κ1) is 29.4. The fourth-order valence-electron chi connectivity index (χ4n) is 5.34. The van der Waals surface area contributed by atoms with E-state index in [0.29, 0.717) is 11.8 Å². The normalized spacial score (nSPS) is 26.9. The zero-order valence-electron chi connectivity index (χ0n) is 21.5. The molecule has 1 aromatic heterocycles. The van der Waals surface area contributed by atoms with Crippen LogP contribution in [0.4, 0.5) is 0 Å². The Hall–Kier alpha value is -2.15. The van der Waals surface area contributed by atoms with E-state index in [-0.39, 0.29) is 12.6 Å². The number of pyridine rings is 1. The van der Waals surface area contributed by atoms with Crippen LogP contribution in [0.1, 0.15) is 24.5 Å². The van der Waals surface area contributed by atoms with Crippen LogP contribution in [-0.4, -0.2) is 111 Å². The molecule has 37 heavy (non-hydrogen) atoms. The SMILES string of the molecule is C=C[C@H]1CN2CC[C@H]1C[C@@H]2[C@@H](O)c1ccnc2ccc(OC)cc12.CNC[C@H](O)[C@@H](O)[C@H](O)[C@H](O)CO. The molecular weight excluding hydrogens is 478 g/mol. The highest BCUT2D eigenvalue weighted by molar-refractivity contribution is 5.83. The number of nitrogens with zero attached hydrogens (tertiary/aromatic N) is 2. The van der Waals surface area contributed by atoms with Gasteiger partial charge in [-0.05, 0) is 68.1 Å². The number of benzene rings is 1. The third-order valence-corrected chi connectivity index (χ3v) is 7.56. The maximum atomic E-state index is 11.2. The molecule has 206 valence electrons. The fourth-order valence-corrected chi connectivity index (χ4v) is 5.34. The summed E-state index contributed by atoms with van der Waals surface area (Å²) in [5, 5.41) is 59.6. The molecule has 3 saturated heterocycles. The molecule has 0 spiro atoms. The third-order valence-electron chi connectivity index (χ3n) is 7.56. The topological polar surface area (TPSA) is 159 Å². The summed E-state index contributed by atoms with van der Waals surface area (Å²) in [6.07, 6.45) is -0.0272. The molecule has 1 aromatic carbocycles. The van der Waals surface area contributed by atoms with Crippen molar-refractivity contribution in [2.24, 2.45) is 11.8 Å². The van der Waals surface area contributed by atoms with Crippen LogP contribution >= 0.6 is 0 Å². The van der Waals surface area contributed by atoms with Crippen LogP contribution in [0.3, 0.4) is 0 Å². The highest BCUT2D eigenvalue weighted by Crippen LogP contribution is 2.42. The van der Waals surface area contributed by atoms with Crippen molar-refractivity contribution in [3.05, 3.63) is 48.7 Å². The van der Waals surface area contributed by atoms with Gasteiger partial charge in [0.2, 0.25) is 0 Å². The number of hydrogen-bond acceptors (Lipinski definition) is 10. The third kappa shape index (κ3) is 6.84. The highest BCUT2D eigenvalue weighted by atomic mass is 16.5. The van der Waals surface area contributed by atoms with Gasteiger partial charge in [0.25, 0.3) is 0 Å². The van der Waals surface area contributed by atoms with Crippen LogP contribution < -0.4 is 10.1 Å². The van der Waals surface area contributed by atoms with Gasteiger partial charge in [-0.3, -0.25) is 9.88 Å². The maximum Gasteiger partial charge on any atom is 0.119 e. The van der Waals surface area contributed by atoms with Crippen molar-refractivity contribution in [1.29, 1.82) is 0 Å². The molecule has 2 bridgehead atoms. The zero-order chi connectivity index (χ0) is 27.1. The quantitative estimate of drug-likeness (QED) is 0.210. The average Bonchev–Trinajstić information content (AvgIpc) is 2.95. The van der Waals surface area contributed by atoms with Crippen LogP contribution in [0.25, 0.3) is 10.9 Å². The molecule has 2 aromatic rings. The van der Waals surface area contributed by atoms with Crippen molar-refractivity contribution >= 4 is 10.9 Å². The van der Waals surface area contributed by atoms with Crippen LogP contribution in [0.5, 0.6) is 5.75 Å². The van der Waals surface area contributed by atoms with Crippen LogP contribution in [0.15, 0.2) is 43.1 Å². The standard InChI is InChI=1S/C20H24N2O2.C7H17NO5/c1-3-13-12-22-9-7-14(13)10-19(22)20(23)16-6-8-21-18-5-4-15(24-2)11-17(16)18;1-8-2-4(10)6(12)7(13)5(11)3-9/h3-6,8,11,13-14,19-20,23H,1,7,9-10,12H2,2H3;4-13H,2-3H2,1H3/t13-,14-,19+,20-;4-,5+,6+,7+/m00/s1. The van der Waals surface area contributed by atoms with Gasteiger partial charge >= 0.3 is 0 Å². The molecule has 5 rings (SSSR count). The first-order valence-corrected chi connectivity index (χ1v) is 12.7. The Balaban J connectivity index is 0.000000251. The number of methoxy groups -OCH3 is 1. The van der Waals surface area contributed by atoms with Crippen molar-refractivity contribution < 1.29 is 35.4 Å². The average molecular weight is 520 g/mol. The van der Waals surface area contributed by atoms with Crippen LogP contribution in [0.2, 0.25) is 0 Å². The van der Waals surface area contributed by atoms with E-state index in [1.165, 1.54) is 6.42 Å². The van der Waals surface area contributed by atoms with Gasteiger partial charge in [-0.25, -0.2) is 0 Å². The Morgan fingerprint density at radius 2 is 1.89 bits per heavy atom. The van der Waals surface area contributed by atoms with Crippen LogP contribution in [-0.2, 0) is 0 Å². The number of ether oxygens (including phenoxy) is 1. The Bertz CT molecular complexity index is 1010. The van der Waals surface area contributed by atoms with Gasteiger partial charge in [-0.15, -0.1) is 6.58 Å². The molecule has 0 aliphatic carbocycles. The number of hydrogen-bond donors (Lipinski definition) is 7. The van der Waals surface area contributed by atoms with Crippen molar-refractivity contribution in [3.63, 3.8) is 0 Å². The maximum absolute atomic E-state index is 11.2. The van der Waals surface area contributed by atoms with E-state index in [1.807, 2.05) is 24.3 Å². The molecule has 4 heterocycles. The lowest BCUT2D eigenvalue weighted by molar-refractivity contribution is -0.113. The molecule has 10 nitrogen and oxygen atoms in total. The Labute approximate surface area is 217 Å². The summed E-state index contributed by atoms with van der Waals surface area (Å²) in [5.41, 5.74) is 1.85. The van der Waals surface area contributed by atoms with Gasteiger partial charge in [-0.2, -0.15) is 0 Å². The summed E-state index contributed by atoms with van der Waals surface area (Å²) >= 11 is 0. The van der Waals surface area contributed by atoms with E-state index in [0.717, 1.165) is 41.7 Å². The second-order valence-corrected chi connectivity index (χ2v) is 9.83. The number of likely N-dealkylation sites (N-methyl/N-ethyl adjacent to an activating group) is 1. The van der Waals surface area contributed by atoms with E-state index in [2.05, 4.69) is 27.9 Å². The van der Waals surface area contributed by atoms with Crippen molar-refractivity contribution in [1.82, 2.24) is 15.2 Å². The second kappa shape index (κ2) is 13.6. The molecular formula is C27H41N3O7. The molecule has 3 aliphatic heterocycles. The number of aliphatic hydroxyl groups is 6. The number of aliphatic hydroxyl groups excluding tert-OH is 6. The molecule has 0 amide bonds. The summed E-state index contributed by atoms with van der Waals surface area (Å²) in [7, 11) is 3.24. The highest BCUT2D eigenvalue weighted by Gasteiger charge is 2.42. The van der Waals surface area contributed by atoms with E-state index in [4.69, 9.17) is 25.2 Å². The molecule has 3 fully saturated rings. The smallest absolute Gasteiger partial charge is 0.119 e. The number of fused-ring (bicyclic) bond motifs is 4.